The lowest BCUT2D eigenvalue weighted by Crippen LogP contribution is -2.36. The van der Waals surface area contributed by atoms with Crippen LogP contribution in [0.2, 0.25) is 0 Å². The number of nitrogens with zero attached hydrogens (tertiary/aromatic N) is 2. The Morgan fingerprint density at radius 3 is 2.47 bits per heavy atom. The van der Waals surface area contributed by atoms with E-state index in [1.165, 1.54) is 0 Å². The monoisotopic (exact) mass is 233 g/mol. The van der Waals surface area contributed by atoms with Crippen molar-refractivity contribution in [2.75, 3.05) is 31.9 Å². The molecule has 0 atom stereocenters. The molecule has 0 unspecified atom stereocenters. The second-order valence-electron chi connectivity index (χ2n) is 3.25. The van der Waals surface area contributed by atoms with Crippen molar-refractivity contribution in [3.8, 4) is 6.07 Å². The second-order valence-corrected chi connectivity index (χ2v) is 5.05. The quantitative estimate of drug-likeness (QED) is 0.648. The summed E-state index contributed by atoms with van der Waals surface area (Å²) in [6, 6.07) is 1.62. The van der Waals surface area contributed by atoms with Crippen LogP contribution in [-0.4, -0.2) is 45.2 Å². The maximum absolute atomic E-state index is 11.1. The molecule has 15 heavy (non-hydrogen) atoms. The Kier molecular flexibility index (Phi) is 7.30. The van der Waals surface area contributed by atoms with Gasteiger partial charge in [-0.3, -0.25) is 0 Å². The number of rotatable bonds is 8. The summed E-state index contributed by atoms with van der Waals surface area (Å²) < 4.78 is 24.6. The van der Waals surface area contributed by atoms with Gasteiger partial charge < -0.3 is 4.90 Å². The molecule has 5 nitrogen and oxygen atoms in total. The molecule has 0 aliphatic rings. The molecule has 0 heterocycles. The summed E-state index contributed by atoms with van der Waals surface area (Å²) >= 11 is 0. The highest BCUT2D eigenvalue weighted by atomic mass is 32.2. The van der Waals surface area contributed by atoms with E-state index in [9.17, 15) is 8.42 Å². The smallest absolute Gasteiger partial charge is 0.225 e. The zero-order valence-electron chi connectivity index (χ0n) is 9.36. The van der Waals surface area contributed by atoms with Crippen LogP contribution in [-0.2, 0) is 10.0 Å². The second kappa shape index (κ2) is 7.63. The Bertz CT molecular complexity index is 295. The van der Waals surface area contributed by atoms with Crippen LogP contribution in [0.3, 0.4) is 0 Å². The van der Waals surface area contributed by atoms with Gasteiger partial charge in [0.15, 0.2) is 5.75 Å². The standard InChI is InChI=1S/C9H19N3O2S/c1-3-7-12(4-2)8-6-11-15(13,14)9-5-10/h11H,3-4,6-9H2,1-2H3. The van der Waals surface area contributed by atoms with Crippen LogP contribution in [0.1, 0.15) is 20.3 Å². The molecule has 0 aromatic heterocycles. The Morgan fingerprint density at radius 2 is 2.00 bits per heavy atom. The minimum atomic E-state index is -3.39. The Labute approximate surface area is 92.1 Å². The first-order chi connectivity index (χ1) is 7.05. The van der Waals surface area contributed by atoms with Crippen LogP contribution in [0.4, 0.5) is 0 Å². The molecule has 0 amide bonds. The molecule has 0 rings (SSSR count). The van der Waals surface area contributed by atoms with E-state index in [1.807, 2.05) is 6.92 Å². The van der Waals surface area contributed by atoms with Crippen molar-refractivity contribution >= 4 is 10.0 Å². The molecular formula is C9H19N3O2S. The van der Waals surface area contributed by atoms with Crippen molar-refractivity contribution in [1.29, 1.82) is 5.26 Å². The lowest BCUT2D eigenvalue weighted by atomic mass is 10.4. The molecule has 0 bridgehead atoms. The van der Waals surface area contributed by atoms with Gasteiger partial charge in [0.05, 0.1) is 6.07 Å². The summed E-state index contributed by atoms with van der Waals surface area (Å²) in [5.74, 6) is -0.465. The molecule has 88 valence electrons. The van der Waals surface area contributed by atoms with Gasteiger partial charge >= 0.3 is 0 Å². The highest BCUT2D eigenvalue weighted by Crippen LogP contribution is 1.90. The third-order valence-electron chi connectivity index (χ3n) is 1.99. The van der Waals surface area contributed by atoms with Crippen LogP contribution in [0.5, 0.6) is 0 Å². The summed E-state index contributed by atoms with van der Waals surface area (Å²) in [6.45, 7) is 7.07. The van der Waals surface area contributed by atoms with E-state index in [1.54, 1.807) is 6.07 Å². The number of likely N-dealkylation sites (N-methyl/N-ethyl adjacent to an activating group) is 1. The average molecular weight is 233 g/mol. The Morgan fingerprint density at radius 1 is 1.33 bits per heavy atom. The zero-order chi connectivity index (χ0) is 11.7. The number of hydrogen-bond donors (Lipinski definition) is 1. The van der Waals surface area contributed by atoms with Crippen LogP contribution in [0.25, 0.3) is 0 Å². The van der Waals surface area contributed by atoms with E-state index in [2.05, 4.69) is 16.5 Å². The Hall–Kier alpha value is -0.640. The molecular weight excluding hydrogens is 214 g/mol. The van der Waals surface area contributed by atoms with E-state index >= 15 is 0 Å². The van der Waals surface area contributed by atoms with Gasteiger partial charge in [-0.25, -0.2) is 13.1 Å². The third kappa shape index (κ3) is 7.31. The van der Waals surface area contributed by atoms with Crippen LogP contribution >= 0.6 is 0 Å². The van der Waals surface area contributed by atoms with Gasteiger partial charge in [-0.2, -0.15) is 5.26 Å². The van der Waals surface area contributed by atoms with E-state index in [-0.39, 0.29) is 0 Å². The van der Waals surface area contributed by atoms with Crippen molar-refractivity contribution in [2.24, 2.45) is 0 Å². The van der Waals surface area contributed by atoms with Crippen molar-refractivity contribution in [3.63, 3.8) is 0 Å². The van der Waals surface area contributed by atoms with Gasteiger partial charge in [0.2, 0.25) is 10.0 Å². The molecule has 0 aromatic carbocycles. The highest BCUT2D eigenvalue weighted by molar-refractivity contribution is 7.89. The van der Waals surface area contributed by atoms with Crippen LogP contribution in [0, 0.1) is 11.3 Å². The maximum Gasteiger partial charge on any atom is 0.225 e. The minimum absolute atomic E-state index is 0.373. The number of nitriles is 1. The molecule has 0 fully saturated rings. The summed E-state index contributed by atoms with van der Waals surface area (Å²) in [5, 5.41) is 8.26. The van der Waals surface area contributed by atoms with E-state index < -0.39 is 15.8 Å². The van der Waals surface area contributed by atoms with Crippen molar-refractivity contribution < 1.29 is 8.42 Å². The van der Waals surface area contributed by atoms with Gasteiger partial charge in [-0.05, 0) is 19.5 Å². The lowest BCUT2D eigenvalue weighted by molar-refractivity contribution is 0.293. The molecule has 0 aliphatic heterocycles. The molecule has 0 saturated heterocycles. The largest absolute Gasteiger partial charge is 0.302 e. The van der Waals surface area contributed by atoms with Crippen LogP contribution in [0.15, 0.2) is 0 Å². The third-order valence-corrected chi connectivity index (χ3v) is 3.14. The fourth-order valence-corrected chi connectivity index (χ4v) is 1.91. The highest BCUT2D eigenvalue weighted by Gasteiger charge is 2.09. The molecule has 1 N–H and O–H groups in total. The number of nitrogens with one attached hydrogen (secondary N) is 1. The maximum atomic E-state index is 11.1. The van der Waals surface area contributed by atoms with Gasteiger partial charge in [0.25, 0.3) is 0 Å². The first kappa shape index (κ1) is 14.4. The first-order valence-electron chi connectivity index (χ1n) is 5.12. The molecule has 6 heteroatoms. The number of hydrogen-bond acceptors (Lipinski definition) is 4. The van der Waals surface area contributed by atoms with E-state index in [4.69, 9.17) is 5.26 Å². The van der Waals surface area contributed by atoms with Crippen molar-refractivity contribution in [3.05, 3.63) is 0 Å². The van der Waals surface area contributed by atoms with E-state index in [0.29, 0.717) is 13.1 Å². The van der Waals surface area contributed by atoms with Crippen LogP contribution < -0.4 is 4.72 Å². The summed E-state index contributed by atoms with van der Waals surface area (Å²) in [5.41, 5.74) is 0. The van der Waals surface area contributed by atoms with Gasteiger partial charge in [-0.1, -0.05) is 13.8 Å². The van der Waals surface area contributed by atoms with Crippen molar-refractivity contribution in [1.82, 2.24) is 9.62 Å². The van der Waals surface area contributed by atoms with Gasteiger partial charge in [-0.15, -0.1) is 0 Å². The topological polar surface area (TPSA) is 73.2 Å². The first-order valence-corrected chi connectivity index (χ1v) is 6.77. The van der Waals surface area contributed by atoms with E-state index in [0.717, 1.165) is 19.5 Å². The fourth-order valence-electron chi connectivity index (χ4n) is 1.24. The SMILES string of the molecule is CCCN(CC)CCNS(=O)(=O)CC#N. The van der Waals surface area contributed by atoms with Gasteiger partial charge in [0, 0.05) is 13.1 Å². The molecule has 0 aromatic rings. The number of sulfonamides is 1. The van der Waals surface area contributed by atoms with Gasteiger partial charge in [0.1, 0.15) is 0 Å². The predicted octanol–water partition coefficient (Wildman–Crippen LogP) is 0.161. The average Bonchev–Trinajstić information content (AvgIpc) is 2.16. The normalized spacial score (nSPS) is 11.6. The molecule has 0 radical (unpaired) electrons. The molecule has 0 aliphatic carbocycles. The Balaban J connectivity index is 3.82. The predicted molar refractivity (Wildman–Crippen MR) is 59.8 cm³/mol. The lowest BCUT2D eigenvalue weighted by Gasteiger charge is -2.19. The fraction of sp³-hybridized carbons (Fsp3) is 0.889. The molecule has 0 saturated carbocycles. The summed E-state index contributed by atoms with van der Waals surface area (Å²) in [7, 11) is -3.39. The zero-order valence-corrected chi connectivity index (χ0v) is 10.2. The molecule has 0 spiro atoms. The van der Waals surface area contributed by atoms with Crippen molar-refractivity contribution in [2.45, 2.75) is 20.3 Å². The summed E-state index contributed by atoms with van der Waals surface area (Å²) in [6.07, 6.45) is 1.05. The minimum Gasteiger partial charge on any atom is -0.302 e. The summed E-state index contributed by atoms with van der Waals surface area (Å²) in [4.78, 5) is 2.16.